The smallest absolute Gasteiger partial charge is 0.309 e. The zero-order chi connectivity index (χ0) is 10.4. The molecule has 0 aliphatic rings. The fraction of sp³-hybridized carbons (Fsp3) is 0.364. The van der Waals surface area contributed by atoms with Gasteiger partial charge >= 0.3 is 5.97 Å². The van der Waals surface area contributed by atoms with Crippen molar-refractivity contribution < 1.29 is 9.53 Å². The molecule has 0 N–H and O–H groups in total. The third-order valence-electron chi connectivity index (χ3n) is 1.62. The minimum absolute atomic E-state index is 0.169. The maximum atomic E-state index is 11.0. The highest BCUT2D eigenvalue weighted by Crippen LogP contribution is 2.15. The number of ether oxygens (including phenoxy) is 1. The molecule has 1 heterocycles. The van der Waals surface area contributed by atoms with E-state index in [2.05, 4.69) is 18.4 Å². The van der Waals surface area contributed by atoms with Crippen LogP contribution in [0.5, 0.6) is 0 Å². The average molecular weight is 210 g/mol. The van der Waals surface area contributed by atoms with Crippen molar-refractivity contribution in [2.75, 3.05) is 6.61 Å². The fourth-order valence-electron chi connectivity index (χ4n) is 1.03. The predicted molar refractivity (Wildman–Crippen MR) is 59.3 cm³/mol. The van der Waals surface area contributed by atoms with Crippen LogP contribution in [0.3, 0.4) is 0 Å². The fourth-order valence-corrected chi connectivity index (χ4v) is 1.85. The molecule has 14 heavy (non-hydrogen) atoms. The summed E-state index contributed by atoms with van der Waals surface area (Å²) in [6.45, 7) is 4.31. The number of hydrogen-bond acceptors (Lipinski definition) is 3. The zero-order valence-corrected chi connectivity index (χ0v) is 9.26. The Labute approximate surface area is 88.2 Å². The monoisotopic (exact) mass is 210 g/mol. The maximum absolute atomic E-state index is 11.0. The molecule has 0 aromatic carbocycles. The van der Waals surface area contributed by atoms with E-state index in [1.54, 1.807) is 11.3 Å². The van der Waals surface area contributed by atoms with E-state index in [1.165, 1.54) is 10.4 Å². The van der Waals surface area contributed by atoms with Gasteiger partial charge in [-0.15, -0.1) is 11.3 Å². The van der Waals surface area contributed by atoms with Gasteiger partial charge in [-0.05, 0) is 36.9 Å². The standard InChI is InChI=1S/C11H14O2S/c1-3-13-11(12)6-4-5-10-7-9(2)8-14-10/h4-5,7-8H,3,6H2,1-2H3. The van der Waals surface area contributed by atoms with E-state index < -0.39 is 0 Å². The van der Waals surface area contributed by atoms with E-state index >= 15 is 0 Å². The molecule has 0 unspecified atom stereocenters. The first-order valence-electron chi connectivity index (χ1n) is 4.59. The molecule has 0 radical (unpaired) electrons. The van der Waals surface area contributed by atoms with Crippen molar-refractivity contribution in [2.24, 2.45) is 0 Å². The Morgan fingerprint density at radius 3 is 3.00 bits per heavy atom. The molecule has 3 heteroatoms. The quantitative estimate of drug-likeness (QED) is 0.714. The molecule has 1 aromatic heterocycles. The van der Waals surface area contributed by atoms with Gasteiger partial charge in [-0.2, -0.15) is 0 Å². The molecule has 76 valence electrons. The second kappa shape index (κ2) is 5.60. The SMILES string of the molecule is CCOC(=O)CC=Cc1cc(C)cs1. The summed E-state index contributed by atoms with van der Waals surface area (Å²) in [5, 5.41) is 2.09. The van der Waals surface area contributed by atoms with Crippen molar-refractivity contribution in [2.45, 2.75) is 20.3 Å². The van der Waals surface area contributed by atoms with Gasteiger partial charge < -0.3 is 4.74 Å². The van der Waals surface area contributed by atoms with Crippen LogP contribution < -0.4 is 0 Å². The van der Waals surface area contributed by atoms with Crippen LogP contribution in [0, 0.1) is 6.92 Å². The largest absolute Gasteiger partial charge is 0.466 e. The van der Waals surface area contributed by atoms with Gasteiger partial charge in [0, 0.05) is 4.88 Å². The molecule has 0 aliphatic carbocycles. The summed E-state index contributed by atoms with van der Waals surface area (Å²) >= 11 is 1.68. The first-order chi connectivity index (χ1) is 6.72. The third kappa shape index (κ3) is 3.75. The summed E-state index contributed by atoms with van der Waals surface area (Å²) in [6.07, 6.45) is 4.14. The molecule has 1 rings (SSSR count). The lowest BCUT2D eigenvalue weighted by Crippen LogP contribution is -2.01. The van der Waals surface area contributed by atoms with Gasteiger partial charge in [0.15, 0.2) is 0 Å². The van der Waals surface area contributed by atoms with Gasteiger partial charge in [0.2, 0.25) is 0 Å². The molecule has 0 saturated heterocycles. The summed E-state index contributed by atoms with van der Waals surface area (Å²) in [6, 6.07) is 2.09. The lowest BCUT2D eigenvalue weighted by molar-refractivity contribution is -0.142. The van der Waals surface area contributed by atoms with E-state index in [4.69, 9.17) is 4.74 Å². The van der Waals surface area contributed by atoms with Gasteiger partial charge in [-0.1, -0.05) is 6.08 Å². The molecule has 0 fully saturated rings. The normalized spacial score (nSPS) is 10.7. The molecule has 0 saturated carbocycles. The zero-order valence-electron chi connectivity index (χ0n) is 8.45. The first-order valence-corrected chi connectivity index (χ1v) is 5.47. The molecule has 0 aliphatic heterocycles. The highest BCUT2D eigenvalue weighted by Gasteiger charge is 1.96. The number of thiophene rings is 1. The van der Waals surface area contributed by atoms with Crippen molar-refractivity contribution in [1.29, 1.82) is 0 Å². The third-order valence-corrected chi connectivity index (χ3v) is 2.64. The van der Waals surface area contributed by atoms with Crippen LogP contribution >= 0.6 is 11.3 Å². The molecule has 0 bridgehead atoms. The Morgan fingerprint density at radius 1 is 1.64 bits per heavy atom. The van der Waals surface area contributed by atoms with Crippen LogP contribution in [0.2, 0.25) is 0 Å². The van der Waals surface area contributed by atoms with Gasteiger partial charge in [-0.25, -0.2) is 0 Å². The summed E-state index contributed by atoms with van der Waals surface area (Å²) < 4.78 is 4.80. The number of carbonyl (C=O) groups excluding carboxylic acids is 1. The summed E-state index contributed by atoms with van der Waals surface area (Å²) in [5.41, 5.74) is 1.26. The molecular formula is C11H14O2S. The minimum atomic E-state index is -0.169. The number of rotatable bonds is 4. The Bertz CT molecular complexity index is 326. The van der Waals surface area contributed by atoms with Crippen molar-refractivity contribution in [3.63, 3.8) is 0 Å². The van der Waals surface area contributed by atoms with Crippen LogP contribution in [0.4, 0.5) is 0 Å². The lowest BCUT2D eigenvalue weighted by atomic mass is 10.3. The molecule has 0 amide bonds. The van der Waals surface area contributed by atoms with Gasteiger partial charge in [-0.3, -0.25) is 4.79 Å². The van der Waals surface area contributed by atoms with Gasteiger partial charge in [0.05, 0.1) is 13.0 Å². The molecule has 2 nitrogen and oxygen atoms in total. The Kier molecular flexibility index (Phi) is 4.40. The van der Waals surface area contributed by atoms with E-state index in [0.717, 1.165) is 0 Å². The second-order valence-corrected chi connectivity index (χ2v) is 3.88. The number of aryl methyl sites for hydroxylation is 1. The minimum Gasteiger partial charge on any atom is -0.466 e. The van der Waals surface area contributed by atoms with Crippen molar-refractivity contribution >= 4 is 23.4 Å². The first kappa shape index (κ1) is 11.0. The number of esters is 1. The van der Waals surface area contributed by atoms with Crippen LogP contribution in [0.25, 0.3) is 6.08 Å². The van der Waals surface area contributed by atoms with E-state index in [1.807, 2.05) is 19.1 Å². The Morgan fingerprint density at radius 2 is 2.43 bits per heavy atom. The van der Waals surface area contributed by atoms with Crippen LogP contribution in [0.1, 0.15) is 23.8 Å². The average Bonchev–Trinajstić information content (AvgIpc) is 2.52. The van der Waals surface area contributed by atoms with E-state index in [-0.39, 0.29) is 5.97 Å². The second-order valence-electron chi connectivity index (χ2n) is 2.94. The Hall–Kier alpha value is -1.09. The topological polar surface area (TPSA) is 26.3 Å². The molecule has 1 aromatic rings. The molecule has 0 atom stereocenters. The van der Waals surface area contributed by atoms with E-state index in [0.29, 0.717) is 13.0 Å². The summed E-state index contributed by atoms with van der Waals surface area (Å²) in [5.74, 6) is -0.169. The summed E-state index contributed by atoms with van der Waals surface area (Å²) in [4.78, 5) is 12.1. The van der Waals surface area contributed by atoms with Crippen LogP contribution in [0.15, 0.2) is 17.5 Å². The highest BCUT2D eigenvalue weighted by atomic mass is 32.1. The van der Waals surface area contributed by atoms with Crippen molar-refractivity contribution in [3.8, 4) is 0 Å². The lowest BCUT2D eigenvalue weighted by Gasteiger charge is -1.95. The molecular weight excluding hydrogens is 196 g/mol. The Balaban J connectivity index is 2.37. The maximum Gasteiger partial charge on any atom is 0.309 e. The number of carbonyl (C=O) groups is 1. The molecule has 0 spiro atoms. The van der Waals surface area contributed by atoms with Gasteiger partial charge in [0.1, 0.15) is 0 Å². The van der Waals surface area contributed by atoms with Crippen LogP contribution in [-0.2, 0) is 9.53 Å². The number of hydrogen-bond donors (Lipinski definition) is 0. The van der Waals surface area contributed by atoms with Crippen molar-refractivity contribution in [1.82, 2.24) is 0 Å². The van der Waals surface area contributed by atoms with Gasteiger partial charge in [0.25, 0.3) is 0 Å². The van der Waals surface area contributed by atoms with Crippen molar-refractivity contribution in [3.05, 3.63) is 28.0 Å². The summed E-state index contributed by atoms with van der Waals surface area (Å²) in [7, 11) is 0. The predicted octanol–water partition coefficient (Wildman–Crippen LogP) is 3.02. The van der Waals surface area contributed by atoms with E-state index in [9.17, 15) is 4.79 Å². The highest BCUT2D eigenvalue weighted by molar-refractivity contribution is 7.11. The van der Waals surface area contributed by atoms with Crippen LogP contribution in [-0.4, -0.2) is 12.6 Å².